The monoisotopic (exact) mass is 918 g/mol. The number of carbonyl (C=O) groups is 5. The molecule has 3 fully saturated rings. The molecular formula is C52H67N7O8. The lowest BCUT2D eigenvalue weighted by atomic mass is 9.84. The highest BCUT2D eigenvalue weighted by Crippen LogP contribution is 2.41. The molecule has 15 nitrogen and oxygen atoms in total. The Labute approximate surface area is 394 Å². The zero-order valence-corrected chi connectivity index (χ0v) is 40.4. The maximum absolute atomic E-state index is 14.8. The Bertz CT molecular complexity index is 2500. The van der Waals surface area contributed by atoms with Gasteiger partial charge in [-0.25, -0.2) is 5.43 Å². The average molecular weight is 918 g/mol. The maximum atomic E-state index is 14.8. The fourth-order valence-corrected chi connectivity index (χ4v) is 10.1. The number of carbonyl (C=O) groups excluding carboxylic acids is 5. The number of rotatable bonds is 11. The molecule has 0 saturated carbocycles. The molecule has 7 rings (SSSR count). The van der Waals surface area contributed by atoms with Crippen molar-refractivity contribution >= 4 is 52.3 Å². The fourth-order valence-electron chi connectivity index (χ4n) is 10.1. The van der Waals surface area contributed by atoms with Crippen LogP contribution in [-0.4, -0.2) is 125 Å². The number of fused-ring (bicyclic) bond motifs is 6. The van der Waals surface area contributed by atoms with Gasteiger partial charge in [0.25, 0.3) is 11.8 Å². The highest BCUT2D eigenvalue weighted by atomic mass is 16.5. The number of cyclic esters (lactones) is 1. The summed E-state index contributed by atoms with van der Waals surface area (Å²) in [5, 5.41) is 5.51. The Balaban J connectivity index is 1.30. The highest BCUT2D eigenvalue weighted by Gasteiger charge is 2.56. The van der Waals surface area contributed by atoms with Crippen LogP contribution in [-0.2, 0) is 57.6 Å². The predicted octanol–water partition coefficient (Wildman–Crippen LogP) is 6.00. The van der Waals surface area contributed by atoms with Crippen LogP contribution in [0.5, 0.6) is 0 Å². The molecule has 1 spiro atoms. The van der Waals surface area contributed by atoms with Crippen molar-refractivity contribution in [2.45, 2.75) is 117 Å². The Hall–Kier alpha value is -5.90. The first-order valence-corrected chi connectivity index (χ1v) is 23.5. The number of aromatic nitrogens is 1. The van der Waals surface area contributed by atoms with E-state index in [-0.39, 0.29) is 50.1 Å². The molecule has 4 aliphatic rings. The van der Waals surface area contributed by atoms with E-state index < -0.39 is 46.9 Å². The minimum Gasteiger partial charge on any atom is -0.464 e. The number of nitrogens with one attached hydrogen (secondary N) is 2. The molecule has 5 atom stereocenters. The molecule has 67 heavy (non-hydrogen) atoms. The average Bonchev–Trinajstić information content (AvgIpc) is 3.99. The number of aliphatic imine (C=N–C) groups is 1. The summed E-state index contributed by atoms with van der Waals surface area (Å²) in [6.07, 6.45) is 6.44. The summed E-state index contributed by atoms with van der Waals surface area (Å²) in [6.45, 7) is 23.0. The molecule has 2 aromatic carbocycles. The van der Waals surface area contributed by atoms with Gasteiger partial charge in [0.2, 0.25) is 11.8 Å². The SMILES string of the molecule is C=CC(=O)N1CCC2(C1)OCN([C@H](C(=O)N[C@H]1Cc3cccc(c3)-c3ccc4c(c3)c(c(/C(C=C)=C(/N=CC)[C@H](C)OC)n4CC)CC(C)(C)COC(=O)[C@@H]3CCCN(N3)C1=O)C(C)C)C2=O. The molecule has 4 amide bonds. The molecule has 0 aliphatic carbocycles. The van der Waals surface area contributed by atoms with E-state index in [0.29, 0.717) is 45.3 Å². The molecule has 358 valence electrons. The topological polar surface area (TPSA) is 164 Å². The molecular weight excluding hydrogens is 851 g/mol. The molecule has 3 aromatic rings. The van der Waals surface area contributed by atoms with Gasteiger partial charge in [-0.05, 0) is 86.4 Å². The molecule has 1 aromatic heterocycles. The Morgan fingerprint density at radius 2 is 1.82 bits per heavy atom. The lowest BCUT2D eigenvalue weighted by Gasteiger charge is -2.36. The van der Waals surface area contributed by atoms with E-state index in [9.17, 15) is 24.0 Å². The second kappa shape index (κ2) is 20.1. The number of aryl methyl sites for hydroxylation is 1. The van der Waals surface area contributed by atoms with Gasteiger partial charge in [-0.1, -0.05) is 77.3 Å². The van der Waals surface area contributed by atoms with E-state index in [2.05, 4.69) is 67.4 Å². The summed E-state index contributed by atoms with van der Waals surface area (Å²) in [5.74, 6) is -2.43. The maximum Gasteiger partial charge on any atom is 0.324 e. The van der Waals surface area contributed by atoms with Crippen LogP contribution in [0.25, 0.3) is 27.6 Å². The molecule has 6 bridgehead atoms. The minimum absolute atomic E-state index is 0.0637. The summed E-state index contributed by atoms with van der Waals surface area (Å²) in [7, 11) is 1.67. The number of allylic oxidation sites excluding steroid dienone is 2. The zero-order chi connectivity index (χ0) is 48.4. The Morgan fingerprint density at radius 3 is 2.51 bits per heavy atom. The lowest BCUT2D eigenvalue weighted by Crippen LogP contribution is -2.62. The van der Waals surface area contributed by atoms with Crippen molar-refractivity contribution < 1.29 is 38.2 Å². The van der Waals surface area contributed by atoms with Gasteiger partial charge in [0, 0.05) is 67.7 Å². The van der Waals surface area contributed by atoms with Crippen molar-refractivity contribution in [1.29, 1.82) is 0 Å². The van der Waals surface area contributed by atoms with Crippen LogP contribution in [0.15, 0.2) is 78.5 Å². The van der Waals surface area contributed by atoms with Crippen molar-refractivity contribution in [1.82, 2.24) is 30.1 Å². The Morgan fingerprint density at radius 1 is 1.06 bits per heavy atom. The highest BCUT2D eigenvalue weighted by molar-refractivity contribution is 5.97. The normalized spacial score (nSPS) is 23.7. The van der Waals surface area contributed by atoms with E-state index in [0.717, 1.165) is 50.1 Å². The summed E-state index contributed by atoms with van der Waals surface area (Å²) in [4.78, 5) is 77.7. The Kier molecular flexibility index (Phi) is 14.7. The first kappa shape index (κ1) is 49.0. The molecule has 5 heterocycles. The fraction of sp³-hybridized carbons (Fsp3) is 0.500. The smallest absolute Gasteiger partial charge is 0.324 e. The number of amides is 4. The van der Waals surface area contributed by atoms with Crippen molar-refractivity contribution in [2.24, 2.45) is 16.3 Å². The van der Waals surface area contributed by atoms with Crippen molar-refractivity contribution in [3.05, 3.63) is 90.3 Å². The number of likely N-dealkylation sites (tertiary alicyclic amines) is 1. The van der Waals surface area contributed by atoms with E-state index in [4.69, 9.17) is 19.2 Å². The van der Waals surface area contributed by atoms with Gasteiger partial charge in [0.15, 0.2) is 5.60 Å². The summed E-state index contributed by atoms with van der Waals surface area (Å²) in [5.41, 5.74) is 8.70. The first-order valence-electron chi connectivity index (χ1n) is 23.5. The first-order chi connectivity index (χ1) is 32.0. The van der Waals surface area contributed by atoms with Crippen molar-refractivity contribution in [3.63, 3.8) is 0 Å². The van der Waals surface area contributed by atoms with Gasteiger partial charge in [0.1, 0.15) is 24.9 Å². The van der Waals surface area contributed by atoms with Crippen LogP contribution in [0.4, 0.5) is 0 Å². The predicted molar refractivity (Wildman–Crippen MR) is 258 cm³/mol. The van der Waals surface area contributed by atoms with Crippen LogP contribution in [0.1, 0.15) is 84.5 Å². The number of benzene rings is 2. The van der Waals surface area contributed by atoms with Crippen LogP contribution in [0.2, 0.25) is 0 Å². The number of hydrazine groups is 1. The molecule has 1 unspecified atom stereocenters. The van der Waals surface area contributed by atoms with Gasteiger partial charge in [-0.3, -0.25) is 34.0 Å². The zero-order valence-electron chi connectivity index (χ0n) is 40.4. The minimum atomic E-state index is -1.26. The number of hydrogen-bond acceptors (Lipinski definition) is 10. The number of methoxy groups -OCH3 is 1. The number of nitrogens with zero attached hydrogens (tertiary/aromatic N) is 5. The quantitative estimate of drug-likeness (QED) is 0.102. The molecule has 15 heteroatoms. The van der Waals surface area contributed by atoms with E-state index >= 15 is 0 Å². The summed E-state index contributed by atoms with van der Waals surface area (Å²) < 4.78 is 20.4. The second-order valence-corrected chi connectivity index (χ2v) is 19.2. The standard InChI is InChI=1S/C52H67N7O8/c1-11-37(44(53-13-3)33(7)65-10)46-39-28-51(8,9)30-66-49(63)40-19-16-23-59(55-40)48(62)41(26-34-17-15-18-35(25-34)36-20-21-42(38(39)27-36)57(46)14-4)54-47(61)45(32(5)6)58-31-67-52(50(58)64)22-24-56(29-52)43(60)12-2/h11-13,15,17-18,20-21,25,27,32-33,40-41,45,55H,1-2,14,16,19,22-24,26,28-31H2,3-10H3,(H,54,61)/b44-37+,53-13?/t33-,40-,41-,45-,52?/m0/s1. The third kappa shape index (κ3) is 9.77. The van der Waals surface area contributed by atoms with Crippen LogP contribution in [0.3, 0.4) is 0 Å². The molecule has 4 aliphatic heterocycles. The lowest BCUT2D eigenvalue weighted by molar-refractivity contribution is -0.155. The van der Waals surface area contributed by atoms with Gasteiger partial charge < -0.3 is 33.9 Å². The molecule has 0 radical (unpaired) electrons. The third-order valence-corrected chi connectivity index (χ3v) is 13.6. The largest absolute Gasteiger partial charge is 0.464 e. The van der Waals surface area contributed by atoms with Crippen LogP contribution >= 0.6 is 0 Å². The third-order valence-electron chi connectivity index (χ3n) is 13.6. The van der Waals surface area contributed by atoms with Gasteiger partial charge in [-0.2, -0.15) is 0 Å². The van der Waals surface area contributed by atoms with Gasteiger partial charge >= 0.3 is 5.97 Å². The number of esters is 1. The van der Waals surface area contributed by atoms with Gasteiger partial charge in [-0.15, -0.1) is 0 Å². The summed E-state index contributed by atoms with van der Waals surface area (Å²) in [6, 6.07) is 11.5. The number of ether oxygens (including phenoxy) is 3. The van der Waals surface area contributed by atoms with Gasteiger partial charge in [0.05, 0.1) is 30.6 Å². The molecule has 2 N–H and O–H groups in total. The van der Waals surface area contributed by atoms with Crippen LogP contribution in [0, 0.1) is 11.3 Å². The van der Waals surface area contributed by atoms with E-state index in [1.54, 1.807) is 13.3 Å². The summed E-state index contributed by atoms with van der Waals surface area (Å²) >= 11 is 0. The van der Waals surface area contributed by atoms with E-state index in [1.165, 1.54) is 20.9 Å². The number of hydrogen-bond donors (Lipinski definition) is 2. The van der Waals surface area contributed by atoms with E-state index in [1.807, 2.05) is 58.0 Å². The molecule has 3 saturated heterocycles. The van der Waals surface area contributed by atoms with Crippen LogP contribution < -0.4 is 10.7 Å². The van der Waals surface area contributed by atoms with Crippen molar-refractivity contribution in [3.8, 4) is 11.1 Å². The van der Waals surface area contributed by atoms with Crippen molar-refractivity contribution in [2.75, 3.05) is 40.1 Å². The second-order valence-electron chi connectivity index (χ2n) is 19.2.